The Kier molecular flexibility index (Phi) is 5.15. The zero-order chi connectivity index (χ0) is 16.2. The minimum Gasteiger partial charge on any atom is -0.352 e. The van der Waals surface area contributed by atoms with Crippen LogP contribution in [0.1, 0.15) is 29.6 Å². The number of hydrogen-bond acceptors (Lipinski definition) is 4. The van der Waals surface area contributed by atoms with Gasteiger partial charge in [0, 0.05) is 29.2 Å². The molecule has 0 bridgehead atoms. The van der Waals surface area contributed by atoms with Crippen LogP contribution in [-0.4, -0.2) is 37.0 Å². The second kappa shape index (κ2) is 7.29. The number of hydrazine groups is 1. The Morgan fingerprint density at radius 2 is 2.17 bits per heavy atom. The summed E-state index contributed by atoms with van der Waals surface area (Å²) in [6.45, 7) is 0.926. The maximum atomic E-state index is 12.0. The van der Waals surface area contributed by atoms with Gasteiger partial charge in [-0.2, -0.15) is 0 Å². The van der Waals surface area contributed by atoms with Crippen LogP contribution >= 0.6 is 11.6 Å². The summed E-state index contributed by atoms with van der Waals surface area (Å²) in [4.78, 5) is 24.0. The van der Waals surface area contributed by atoms with E-state index in [1.165, 1.54) is 0 Å². The molecule has 3 unspecified atom stereocenters. The second-order valence-corrected chi connectivity index (χ2v) is 6.60. The normalized spacial score (nSPS) is 26.4. The lowest BCUT2D eigenvalue weighted by Gasteiger charge is -2.31. The van der Waals surface area contributed by atoms with E-state index in [1.54, 1.807) is 24.3 Å². The van der Waals surface area contributed by atoms with Crippen LogP contribution in [0, 0.1) is 5.92 Å². The van der Waals surface area contributed by atoms with Crippen LogP contribution in [0.2, 0.25) is 5.02 Å². The topological polar surface area (TPSA) is 82.3 Å². The van der Waals surface area contributed by atoms with Crippen molar-refractivity contribution in [3.8, 4) is 0 Å². The van der Waals surface area contributed by atoms with Gasteiger partial charge in [-0.1, -0.05) is 17.7 Å². The molecule has 1 aliphatic carbocycles. The molecule has 1 aromatic rings. The average Bonchev–Trinajstić information content (AvgIpc) is 3.00. The zero-order valence-corrected chi connectivity index (χ0v) is 13.5. The fraction of sp³-hybridized carbons (Fsp3) is 0.500. The molecule has 1 saturated carbocycles. The molecule has 6 nitrogen and oxygen atoms in total. The highest BCUT2D eigenvalue weighted by Gasteiger charge is 2.34. The molecule has 1 aromatic carbocycles. The van der Waals surface area contributed by atoms with Crippen LogP contribution in [0.5, 0.6) is 0 Å². The fourth-order valence-corrected chi connectivity index (χ4v) is 3.49. The summed E-state index contributed by atoms with van der Waals surface area (Å²) in [5, 5.41) is 6.14. The van der Waals surface area contributed by atoms with Gasteiger partial charge in [-0.25, -0.2) is 0 Å². The van der Waals surface area contributed by atoms with Crippen molar-refractivity contribution in [3.05, 3.63) is 34.9 Å². The Balaban J connectivity index is 1.43. The molecule has 2 amide bonds. The molecule has 0 spiro atoms. The van der Waals surface area contributed by atoms with Crippen LogP contribution in [-0.2, 0) is 4.79 Å². The zero-order valence-electron chi connectivity index (χ0n) is 12.8. The van der Waals surface area contributed by atoms with Gasteiger partial charge in [0.25, 0.3) is 5.91 Å². The van der Waals surface area contributed by atoms with Crippen molar-refractivity contribution >= 4 is 23.4 Å². The average molecular weight is 337 g/mol. The summed E-state index contributed by atoms with van der Waals surface area (Å²) in [5.41, 5.74) is 6.89. The highest BCUT2D eigenvalue weighted by atomic mass is 35.5. The van der Waals surface area contributed by atoms with Gasteiger partial charge in [0.05, 0.1) is 6.54 Å². The molecule has 124 valence electrons. The Hall–Kier alpha value is -1.63. The van der Waals surface area contributed by atoms with Gasteiger partial charge in [-0.3, -0.25) is 20.4 Å². The summed E-state index contributed by atoms with van der Waals surface area (Å²) in [6.07, 6.45) is 2.99. The number of fused-ring (bicyclic) bond motifs is 1. The summed E-state index contributed by atoms with van der Waals surface area (Å²) < 4.78 is 0. The van der Waals surface area contributed by atoms with E-state index in [0.29, 0.717) is 22.5 Å². The van der Waals surface area contributed by atoms with Crippen molar-refractivity contribution < 1.29 is 9.59 Å². The van der Waals surface area contributed by atoms with Crippen molar-refractivity contribution in [2.45, 2.75) is 31.3 Å². The fourth-order valence-electron chi connectivity index (χ4n) is 3.30. The predicted octanol–water partition coefficient (Wildman–Crippen LogP) is 0.831. The number of rotatable bonds is 4. The van der Waals surface area contributed by atoms with Crippen LogP contribution < -0.4 is 21.5 Å². The van der Waals surface area contributed by atoms with E-state index in [4.69, 9.17) is 11.6 Å². The lowest BCUT2D eigenvalue weighted by atomic mass is 9.83. The first kappa shape index (κ1) is 16.2. The van der Waals surface area contributed by atoms with E-state index >= 15 is 0 Å². The lowest BCUT2D eigenvalue weighted by Crippen LogP contribution is -2.46. The molecule has 3 atom stereocenters. The van der Waals surface area contributed by atoms with Gasteiger partial charge < -0.3 is 10.6 Å². The minimum absolute atomic E-state index is 0.0214. The smallest absolute Gasteiger partial charge is 0.251 e. The van der Waals surface area contributed by atoms with Gasteiger partial charge >= 0.3 is 0 Å². The van der Waals surface area contributed by atoms with Crippen molar-refractivity contribution in [1.82, 2.24) is 21.5 Å². The lowest BCUT2D eigenvalue weighted by molar-refractivity contribution is -0.121. The van der Waals surface area contributed by atoms with Crippen LogP contribution in [0.15, 0.2) is 24.3 Å². The summed E-state index contributed by atoms with van der Waals surface area (Å²) in [6, 6.07) is 7.36. The first-order valence-electron chi connectivity index (χ1n) is 7.93. The second-order valence-electron chi connectivity index (χ2n) is 6.16. The van der Waals surface area contributed by atoms with Crippen molar-refractivity contribution in [2.24, 2.45) is 5.92 Å². The van der Waals surface area contributed by atoms with Crippen molar-refractivity contribution in [1.29, 1.82) is 0 Å². The number of carbonyl (C=O) groups excluding carboxylic acids is 2. The van der Waals surface area contributed by atoms with Gasteiger partial charge in [0.15, 0.2) is 0 Å². The number of halogens is 1. The monoisotopic (exact) mass is 336 g/mol. The van der Waals surface area contributed by atoms with Crippen LogP contribution in [0.3, 0.4) is 0 Å². The highest BCUT2D eigenvalue weighted by molar-refractivity contribution is 6.30. The molecular weight excluding hydrogens is 316 g/mol. The van der Waals surface area contributed by atoms with Crippen LogP contribution in [0.4, 0.5) is 0 Å². The van der Waals surface area contributed by atoms with E-state index < -0.39 is 0 Å². The molecule has 3 rings (SSSR count). The molecular formula is C16H21ClN4O2. The molecule has 7 heteroatoms. The molecule has 2 aliphatic rings. The van der Waals surface area contributed by atoms with E-state index in [9.17, 15) is 9.59 Å². The van der Waals surface area contributed by atoms with Crippen molar-refractivity contribution in [3.63, 3.8) is 0 Å². The van der Waals surface area contributed by atoms with Gasteiger partial charge in [0.1, 0.15) is 0 Å². The van der Waals surface area contributed by atoms with E-state index in [2.05, 4.69) is 21.5 Å². The standard InChI is InChI=1S/C16H21ClN4O2/c17-12-3-1-2-10(6-12)16(23)18-9-15(22)20-13-4-5-14-11(7-13)8-19-21-14/h1-3,6,11,13-14,19,21H,4-5,7-9H2,(H,18,23)(H,20,22). The molecule has 23 heavy (non-hydrogen) atoms. The first-order chi connectivity index (χ1) is 11.1. The molecule has 2 fully saturated rings. The third kappa shape index (κ3) is 4.22. The van der Waals surface area contributed by atoms with Gasteiger partial charge in [0.2, 0.25) is 5.91 Å². The number of hydrogen-bond donors (Lipinski definition) is 4. The molecule has 1 saturated heterocycles. The Morgan fingerprint density at radius 3 is 3.00 bits per heavy atom. The maximum absolute atomic E-state index is 12.0. The van der Waals surface area contributed by atoms with Gasteiger partial charge in [-0.05, 0) is 43.4 Å². The Morgan fingerprint density at radius 1 is 1.30 bits per heavy atom. The third-order valence-electron chi connectivity index (χ3n) is 4.50. The molecule has 0 aromatic heterocycles. The Bertz CT molecular complexity index is 595. The quantitative estimate of drug-likeness (QED) is 0.656. The number of carbonyl (C=O) groups is 2. The summed E-state index contributed by atoms with van der Waals surface area (Å²) in [5.74, 6) is 0.119. The third-order valence-corrected chi connectivity index (χ3v) is 4.73. The van der Waals surface area contributed by atoms with E-state index in [1.807, 2.05) is 0 Å². The molecule has 4 N–H and O–H groups in total. The Labute approximate surface area is 140 Å². The van der Waals surface area contributed by atoms with Crippen LogP contribution in [0.25, 0.3) is 0 Å². The summed E-state index contributed by atoms with van der Waals surface area (Å²) in [7, 11) is 0. The minimum atomic E-state index is -0.296. The maximum Gasteiger partial charge on any atom is 0.251 e. The summed E-state index contributed by atoms with van der Waals surface area (Å²) >= 11 is 5.86. The first-order valence-corrected chi connectivity index (χ1v) is 8.31. The molecule has 1 aliphatic heterocycles. The van der Waals surface area contributed by atoms with E-state index in [-0.39, 0.29) is 24.4 Å². The highest BCUT2D eigenvalue weighted by Crippen LogP contribution is 2.26. The van der Waals surface area contributed by atoms with E-state index in [0.717, 1.165) is 25.8 Å². The van der Waals surface area contributed by atoms with Gasteiger partial charge in [-0.15, -0.1) is 0 Å². The number of amides is 2. The predicted molar refractivity (Wildman–Crippen MR) is 88.0 cm³/mol. The molecule has 0 radical (unpaired) electrons. The van der Waals surface area contributed by atoms with Crippen molar-refractivity contribution in [2.75, 3.05) is 13.1 Å². The number of benzene rings is 1. The largest absolute Gasteiger partial charge is 0.352 e. The number of nitrogens with one attached hydrogen (secondary N) is 4. The molecule has 1 heterocycles. The SMILES string of the molecule is O=C(CNC(=O)c1cccc(Cl)c1)NC1CCC2NNCC2C1.